The molecule has 246 valence electrons. The first-order valence-corrected chi connectivity index (χ1v) is 17.0. The van der Waals surface area contributed by atoms with Crippen LogP contribution in [0.3, 0.4) is 0 Å². The largest absolute Gasteiger partial charge is 0.346 e. The number of aromatic nitrogens is 7. The fourth-order valence-corrected chi connectivity index (χ4v) is 7.72. The van der Waals surface area contributed by atoms with Gasteiger partial charge in [0.1, 0.15) is 35.6 Å². The molecule has 4 unspecified atom stereocenters. The lowest BCUT2D eigenvalue weighted by atomic mass is 10.1. The van der Waals surface area contributed by atoms with Crippen LogP contribution in [0.5, 0.6) is 0 Å². The van der Waals surface area contributed by atoms with E-state index in [-0.39, 0.29) is 22.6 Å². The van der Waals surface area contributed by atoms with E-state index in [2.05, 4.69) is 19.9 Å². The summed E-state index contributed by atoms with van der Waals surface area (Å²) in [5, 5.41) is -0.450. The smallest absolute Gasteiger partial charge is 0.279 e. The van der Waals surface area contributed by atoms with Crippen LogP contribution in [0, 0.1) is 12.7 Å². The van der Waals surface area contributed by atoms with Crippen molar-refractivity contribution in [2.45, 2.75) is 56.1 Å². The summed E-state index contributed by atoms with van der Waals surface area (Å²) in [7, 11) is 3.51. The van der Waals surface area contributed by atoms with E-state index in [1.807, 2.05) is 0 Å². The molecule has 0 spiro atoms. The van der Waals surface area contributed by atoms with Gasteiger partial charge < -0.3 is 37.1 Å². The normalized spacial score (nSPS) is 36.6. The van der Waals surface area contributed by atoms with Crippen molar-refractivity contribution >= 4 is 52.3 Å². The standard InChI is InChI=1S/C23H22B2F3N7O10P2/c1-8-31-19-15(20(36)32-8)29-7-35(19)23-14(28)17-11(43-23)5-41-46(24,38)44-16-10(4-40-47(25,39)45-17)42-22(13(16)27)34-3-9(26)12-18(34)30-6-33(2)21(12)37/h3,6-7,10-11,13-14,16-17,22-23H,4-5H2,1-2H3,(H,31,32,36)/t10-,11-,13?,14+,16+,17?,22-,23-,46?,47?/m1/s1. The summed E-state index contributed by atoms with van der Waals surface area (Å²) >= 11 is 0. The first-order chi connectivity index (χ1) is 22.1. The van der Waals surface area contributed by atoms with Crippen molar-refractivity contribution in [3.63, 3.8) is 0 Å². The summed E-state index contributed by atoms with van der Waals surface area (Å²) in [6, 6.07) is 0. The molecular formula is C23H22B2F3N7O10P2. The van der Waals surface area contributed by atoms with Gasteiger partial charge in [-0.3, -0.25) is 27.9 Å². The van der Waals surface area contributed by atoms with Crippen molar-refractivity contribution in [2.75, 3.05) is 13.2 Å². The molecule has 17 nitrogen and oxygen atoms in total. The van der Waals surface area contributed by atoms with Crippen LogP contribution in [0.4, 0.5) is 13.2 Å². The molecule has 0 aromatic carbocycles. The van der Waals surface area contributed by atoms with E-state index in [4.69, 9.17) is 42.7 Å². The van der Waals surface area contributed by atoms with Gasteiger partial charge in [0.2, 0.25) is 15.1 Å². The van der Waals surface area contributed by atoms with E-state index >= 15 is 8.78 Å². The third kappa shape index (κ3) is 5.63. The second-order valence-electron chi connectivity index (χ2n) is 11.0. The molecule has 4 radical (unpaired) electrons. The predicted octanol–water partition coefficient (Wildman–Crippen LogP) is 1.16. The highest BCUT2D eigenvalue weighted by molar-refractivity contribution is 7.79. The third-order valence-corrected chi connectivity index (χ3v) is 9.95. The number of nitrogens with zero attached hydrogens (tertiary/aromatic N) is 6. The number of ether oxygens (including phenoxy) is 2. The Balaban J connectivity index is 1.18. The number of aromatic amines is 1. The second kappa shape index (κ2) is 11.5. The van der Waals surface area contributed by atoms with E-state index in [1.165, 1.54) is 14.0 Å². The third-order valence-electron chi connectivity index (χ3n) is 7.85. The number of hydrogen-bond acceptors (Lipinski definition) is 13. The molecule has 24 heteroatoms. The minimum absolute atomic E-state index is 0.0448. The average Bonchev–Trinajstić information content (AvgIpc) is 3.72. The zero-order valence-corrected chi connectivity index (χ0v) is 26.0. The lowest BCUT2D eigenvalue weighted by Gasteiger charge is -2.29. The fourth-order valence-electron chi connectivity index (χ4n) is 5.71. The minimum Gasteiger partial charge on any atom is -0.346 e. The fraction of sp³-hybridized carbons (Fsp3) is 0.522. The second-order valence-corrected chi connectivity index (χ2v) is 14.1. The maximum atomic E-state index is 16.0. The molecule has 3 aliphatic rings. The van der Waals surface area contributed by atoms with E-state index in [1.54, 1.807) is 0 Å². The molecule has 4 aromatic rings. The number of hydrogen-bond donors (Lipinski definition) is 1. The maximum Gasteiger partial charge on any atom is 0.279 e. The summed E-state index contributed by atoms with van der Waals surface area (Å²) in [5.74, 6) is -0.825. The number of fused-ring (bicyclic) bond motifs is 4. The van der Waals surface area contributed by atoms with Crippen molar-refractivity contribution in [1.29, 1.82) is 0 Å². The zero-order valence-electron chi connectivity index (χ0n) is 24.2. The first kappa shape index (κ1) is 32.5. The van der Waals surface area contributed by atoms with Gasteiger partial charge in [0, 0.05) is 13.2 Å². The SMILES string of the molecule is [B]P1(=O)OC[C@H]2O[C@@H](n3cc(F)c4c(=O)n(C)cnc43)C(F)[C@H]2OP([B])(=O)OC[C@H]2O[C@@H](n3cnc4c(=O)[nH]c(C)nc43)[C@@H](F)C2O1. The van der Waals surface area contributed by atoms with Gasteiger partial charge in [0.05, 0.1) is 25.9 Å². The molecule has 1 N–H and O–H groups in total. The summed E-state index contributed by atoms with van der Waals surface area (Å²) in [5.41, 5.74) is -1.79. The Hall–Kier alpha value is -3.09. The van der Waals surface area contributed by atoms with Gasteiger partial charge in [-0.15, -0.1) is 0 Å². The monoisotopic (exact) mass is 697 g/mol. The molecule has 0 bridgehead atoms. The average molecular weight is 697 g/mol. The lowest BCUT2D eigenvalue weighted by molar-refractivity contribution is -0.0548. The van der Waals surface area contributed by atoms with Crippen LogP contribution in [-0.2, 0) is 43.7 Å². The van der Waals surface area contributed by atoms with Crippen LogP contribution >= 0.6 is 14.9 Å². The Morgan fingerprint density at radius 1 is 0.915 bits per heavy atom. The van der Waals surface area contributed by atoms with Crippen LogP contribution in [-0.4, -0.2) is 98.7 Å². The summed E-state index contributed by atoms with van der Waals surface area (Å²) in [6.45, 7) is -0.162. The molecule has 3 fully saturated rings. The number of H-pyrrole nitrogens is 1. The molecule has 10 atom stereocenters. The Labute approximate surface area is 263 Å². The van der Waals surface area contributed by atoms with Gasteiger partial charge >= 0.3 is 0 Å². The highest BCUT2D eigenvalue weighted by Gasteiger charge is 2.53. The Morgan fingerprint density at radius 2 is 1.49 bits per heavy atom. The summed E-state index contributed by atoms with van der Waals surface area (Å²) in [6.07, 6.45) is -11.5. The molecule has 47 heavy (non-hydrogen) atoms. The van der Waals surface area contributed by atoms with Crippen LogP contribution in [0.15, 0.2) is 28.4 Å². The van der Waals surface area contributed by atoms with Crippen molar-refractivity contribution < 1.29 is 49.9 Å². The number of halogens is 3. The number of nitrogens with one attached hydrogen (secondary N) is 1. The molecule has 3 saturated heterocycles. The maximum absolute atomic E-state index is 16.0. The van der Waals surface area contributed by atoms with Gasteiger partial charge in [-0.2, -0.15) is 0 Å². The Bertz CT molecular complexity index is 2110. The van der Waals surface area contributed by atoms with Crippen LogP contribution in [0.1, 0.15) is 18.3 Å². The molecule has 7 rings (SSSR count). The Morgan fingerprint density at radius 3 is 2.09 bits per heavy atom. The topological polar surface area (TPSA) is 193 Å². The van der Waals surface area contributed by atoms with Gasteiger partial charge in [-0.25, -0.2) is 28.1 Å². The van der Waals surface area contributed by atoms with Gasteiger partial charge in [-0.05, 0) is 6.92 Å². The van der Waals surface area contributed by atoms with Gasteiger partial charge in [0.25, 0.3) is 26.1 Å². The van der Waals surface area contributed by atoms with Gasteiger partial charge in [0.15, 0.2) is 47.4 Å². The van der Waals surface area contributed by atoms with Crippen molar-refractivity contribution in [3.8, 4) is 0 Å². The van der Waals surface area contributed by atoms with Crippen molar-refractivity contribution in [1.82, 2.24) is 33.6 Å². The molecule has 4 aromatic heterocycles. The predicted molar refractivity (Wildman–Crippen MR) is 154 cm³/mol. The summed E-state index contributed by atoms with van der Waals surface area (Å²) in [4.78, 5) is 39.4. The first-order valence-electron chi connectivity index (χ1n) is 13.8. The highest BCUT2D eigenvalue weighted by atomic mass is 31.2. The molecule has 0 amide bonds. The number of aryl methyl sites for hydroxylation is 2. The quantitative estimate of drug-likeness (QED) is 0.232. The highest BCUT2D eigenvalue weighted by Crippen LogP contribution is 2.54. The molecule has 3 aliphatic heterocycles. The molecule has 0 saturated carbocycles. The number of rotatable bonds is 2. The number of imidazole rings is 1. The van der Waals surface area contributed by atoms with Crippen LogP contribution in [0.2, 0.25) is 0 Å². The number of alkyl halides is 2. The van der Waals surface area contributed by atoms with E-state index < -0.39 is 99.7 Å². The van der Waals surface area contributed by atoms with Crippen LogP contribution < -0.4 is 11.1 Å². The molecule has 0 aliphatic carbocycles. The van der Waals surface area contributed by atoms with Crippen LogP contribution in [0.25, 0.3) is 22.2 Å². The summed E-state index contributed by atoms with van der Waals surface area (Å²) < 4.78 is 109. The zero-order chi connectivity index (χ0) is 33.6. The van der Waals surface area contributed by atoms with E-state index in [9.17, 15) is 23.1 Å². The van der Waals surface area contributed by atoms with E-state index in [0.29, 0.717) is 0 Å². The molecular weight excluding hydrogens is 675 g/mol. The Kier molecular flexibility index (Phi) is 7.95. The molecule has 7 heterocycles. The van der Waals surface area contributed by atoms with E-state index in [0.717, 1.165) is 32.6 Å². The van der Waals surface area contributed by atoms with Crippen molar-refractivity contribution in [2.24, 2.45) is 7.05 Å². The van der Waals surface area contributed by atoms with Gasteiger partial charge in [-0.1, -0.05) is 0 Å². The minimum atomic E-state index is -4.72. The lowest BCUT2D eigenvalue weighted by Crippen LogP contribution is -2.37. The van der Waals surface area contributed by atoms with Crippen molar-refractivity contribution in [3.05, 3.63) is 51.2 Å².